The zero-order chi connectivity index (χ0) is 17.8. The van der Waals surface area contributed by atoms with Gasteiger partial charge in [-0.1, -0.05) is 6.07 Å². The quantitative estimate of drug-likeness (QED) is 0.671. The Morgan fingerprint density at radius 1 is 1.15 bits per heavy atom. The Kier molecular flexibility index (Phi) is 6.74. The summed E-state index contributed by atoms with van der Waals surface area (Å²) in [6.07, 6.45) is 1.62. The van der Waals surface area contributed by atoms with Crippen molar-refractivity contribution in [3.63, 3.8) is 0 Å². The van der Waals surface area contributed by atoms with Crippen LogP contribution < -0.4 is 39.6 Å². The van der Waals surface area contributed by atoms with E-state index in [0.717, 1.165) is 11.4 Å². The summed E-state index contributed by atoms with van der Waals surface area (Å²) in [4.78, 5) is 19.7. The number of ether oxygens (including phenoxy) is 1. The number of carbonyl (C=O) groups is 1. The Morgan fingerprint density at radius 2 is 1.96 bits per heavy atom. The molecule has 2 aromatic heterocycles. The number of hydrogen-bond donors (Lipinski definition) is 2. The number of anilines is 2. The third-order valence-corrected chi connectivity index (χ3v) is 3.52. The van der Waals surface area contributed by atoms with Crippen LogP contribution in [0.3, 0.4) is 0 Å². The SMILES string of the molecule is Cc1ccc(Oc2ccnc(Nc3cccc(C(=O)O)c3)c2)c(C)n1.[H-].[Na+]. The van der Waals surface area contributed by atoms with E-state index in [0.29, 0.717) is 23.0 Å². The molecule has 0 saturated heterocycles. The van der Waals surface area contributed by atoms with E-state index in [-0.39, 0.29) is 36.5 Å². The second kappa shape index (κ2) is 8.80. The number of aryl methyl sites for hydroxylation is 2. The maximum Gasteiger partial charge on any atom is 1.00 e. The zero-order valence-electron chi connectivity index (χ0n) is 15.9. The average Bonchev–Trinajstić information content (AvgIpc) is 2.58. The first-order valence-corrected chi connectivity index (χ1v) is 7.70. The van der Waals surface area contributed by atoms with Gasteiger partial charge in [-0.05, 0) is 50.2 Å². The molecule has 2 N–H and O–H groups in total. The molecule has 0 atom stereocenters. The molecule has 0 aliphatic carbocycles. The van der Waals surface area contributed by atoms with Crippen molar-refractivity contribution in [3.8, 4) is 11.5 Å². The number of pyridine rings is 2. The standard InChI is InChI=1S/C19H17N3O3.Na.H/c1-12-6-7-17(13(2)21-12)25-16-8-9-20-18(11-16)22-15-5-3-4-14(10-15)19(23)24;;/h3-11H,1-2H3,(H,20,22)(H,23,24);;/q;+1;-1. The van der Waals surface area contributed by atoms with Gasteiger partial charge in [0.25, 0.3) is 0 Å². The van der Waals surface area contributed by atoms with Gasteiger partial charge >= 0.3 is 35.5 Å². The Bertz CT molecular complexity index is 938. The first kappa shape index (κ1) is 19.9. The molecule has 0 spiro atoms. The van der Waals surface area contributed by atoms with Gasteiger partial charge in [0.2, 0.25) is 0 Å². The van der Waals surface area contributed by atoms with Gasteiger partial charge in [0.15, 0.2) is 0 Å². The summed E-state index contributed by atoms with van der Waals surface area (Å²) in [5.41, 5.74) is 2.58. The zero-order valence-corrected chi connectivity index (χ0v) is 16.9. The molecule has 0 aliphatic heterocycles. The van der Waals surface area contributed by atoms with E-state index in [1.807, 2.05) is 26.0 Å². The van der Waals surface area contributed by atoms with Crippen molar-refractivity contribution in [1.82, 2.24) is 9.97 Å². The number of nitrogens with zero attached hydrogens (tertiary/aromatic N) is 2. The van der Waals surface area contributed by atoms with E-state index in [1.54, 1.807) is 36.5 Å². The van der Waals surface area contributed by atoms with Crippen LogP contribution in [0, 0.1) is 13.8 Å². The molecule has 3 aromatic rings. The maximum absolute atomic E-state index is 11.0. The van der Waals surface area contributed by atoms with Crippen molar-refractivity contribution in [1.29, 1.82) is 0 Å². The molecule has 0 fully saturated rings. The van der Waals surface area contributed by atoms with Gasteiger partial charge in [-0.25, -0.2) is 9.78 Å². The van der Waals surface area contributed by atoms with Gasteiger partial charge in [0, 0.05) is 23.6 Å². The first-order chi connectivity index (χ1) is 12.0. The molecular weight excluding hydrogens is 341 g/mol. The first-order valence-electron chi connectivity index (χ1n) is 7.70. The smallest absolute Gasteiger partial charge is 1.00 e. The monoisotopic (exact) mass is 359 g/mol. The van der Waals surface area contributed by atoms with Crippen LogP contribution in [0.15, 0.2) is 54.7 Å². The van der Waals surface area contributed by atoms with Crippen molar-refractivity contribution in [2.45, 2.75) is 13.8 Å². The minimum atomic E-state index is -0.976. The molecule has 26 heavy (non-hydrogen) atoms. The maximum atomic E-state index is 11.0. The average molecular weight is 359 g/mol. The third kappa shape index (κ3) is 5.05. The Balaban J connectivity index is 0.00000182. The largest absolute Gasteiger partial charge is 1.00 e. The van der Waals surface area contributed by atoms with E-state index in [4.69, 9.17) is 9.84 Å². The fourth-order valence-electron chi connectivity index (χ4n) is 2.33. The molecule has 7 heteroatoms. The number of rotatable bonds is 5. The number of nitrogens with one attached hydrogen (secondary N) is 1. The molecule has 2 heterocycles. The van der Waals surface area contributed by atoms with Gasteiger partial charge in [-0.3, -0.25) is 4.98 Å². The molecule has 0 amide bonds. The summed E-state index contributed by atoms with van der Waals surface area (Å²) in [7, 11) is 0. The Morgan fingerprint density at radius 3 is 2.69 bits per heavy atom. The second-order valence-electron chi connectivity index (χ2n) is 5.53. The van der Waals surface area contributed by atoms with Crippen LogP contribution in [0.2, 0.25) is 0 Å². The third-order valence-electron chi connectivity index (χ3n) is 3.52. The number of aromatic carboxylic acids is 1. The van der Waals surface area contributed by atoms with Crippen LogP contribution >= 0.6 is 0 Å². The fraction of sp³-hybridized carbons (Fsp3) is 0.105. The number of carboxylic acid groups (broad SMARTS) is 1. The van der Waals surface area contributed by atoms with Gasteiger partial charge in [-0.15, -0.1) is 0 Å². The van der Waals surface area contributed by atoms with Crippen molar-refractivity contribution in [2.24, 2.45) is 0 Å². The molecule has 1 aromatic carbocycles. The molecule has 0 bridgehead atoms. The Labute approximate surface area is 175 Å². The molecule has 3 rings (SSSR count). The molecule has 0 saturated carbocycles. The van der Waals surface area contributed by atoms with Crippen LogP contribution in [-0.2, 0) is 0 Å². The van der Waals surface area contributed by atoms with Gasteiger partial charge in [-0.2, -0.15) is 0 Å². The van der Waals surface area contributed by atoms with Gasteiger partial charge in [0.1, 0.15) is 17.3 Å². The Hall–Kier alpha value is -2.41. The van der Waals surface area contributed by atoms with Crippen molar-refractivity contribution >= 4 is 17.5 Å². The molecule has 6 nitrogen and oxygen atoms in total. The van der Waals surface area contributed by atoms with Crippen molar-refractivity contribution in [2.75, 3.05) is 5.32 Å². The molecule has 0 aliphatic rings. The van der Waals surface area contributed by atoms with Crippen molar-refractivity contribution < 1.29 is 45.6 Å². The normalized spacial score (nSPS) is 9.92. The predicted octanol–water partition coefficient (Wildman–Crippen LogP) is 1.44. The van der Waals surface area contributed by atoms with Crippen LogP contribution in [0.25, 0.3) is 0 Å². The number of hydrogen-bond acceptors (Lipinski definition) is 5. The van der Waals surface area contributed by atoms with E-state index in [2.05, 4.69) is 15.3 Å². The number of carboxylic acids is 1. The van der Waals surface area contributed by atoms with Crippen LogP contribution in [0.1, 0.15) is 23.2 Å². The van der Waals surface area contributed by atoms with Crippen molar-refractivity contribution in [3.05, 3.63) is 71.7 Å². The minimum Gasteiger partial charge on any atom is -1.00 e. The van der Waals surface area contributed by atoms with Crippen LogP contribution in [0.4, 0.5) is 11.5 Å². The predicted molar refractivity (Wildman–Crippen MR) is 95.8 cm³/mol. The summed E-state index contributed by atoms with van der Waals surface area (Å²) in [5.74, 6) is 0.866. The molecular formula is C19H18N3NaO3. The second-order valence-corrected chi connectivity index (χ2v) is 5.53. The van der Waals surface area contributed by atoms with E-state index >= 15 is 0 Å². The summed E-state index contributed by atoms with van der Waals surface area (Å²) in [5, 5.41) is 12.1. The molecule has 0 radical (unpaired) electrons. The van der Waals surface area contributed by atoms with Gasteiger partial charge < -0.3 is 16.6 Å². The van der Waals surface area contributed by atoms with Gasteiger partial charge in [0.05, 0.1) is 11.3 Å². The number of benzene rings is 1. The molecule has 0 unspecified atom stereocenters. The molecule has 128 valence electrons. The summed E-state index contributed by atoms with van der Waals surface area (Å²) in [6.45, 7) is 3.82. The topological polar surface area (TPSA) is 84.3 Å². The fourth-order valence-corrected chi connectivity index (χ4v) is 2.33. The van der Waals surface area contributed by atoms with E-state index < -0.39 is 5.97 Å². The summed E-state index contributed by atoms with van der Waals surface area (Å²) >= 11 is 0. The van der Waals surface area contributed by atoms with E-state index in [1.165, 1.54) is 6.07 Å². The summed E-state index contributed by atoms with van der Waals surface area (Å²) in [6, 6.07) is 13.8. The van der Waals surface area contributed by atoms with Crippen LogP contribution in [0.5, 0.6) is 11.5 Å². The number of aromatic nitrogens is 2. The van der Waals surface area contributed by atoms with Crippen LogP contribution in [-0.4, -0.2) is 21.0 Å². The minimum absolute atomic E-state index is 0. The summed E-state index contributed by atoms with van der Waals surface area (Å²) < 4.78 is 5.87. The van der Waals surface area contributed by atoms with E-state index in [9.17, 15) is 4.79 Å².